The van der Waals surface area contributed by atoms with Gasteiger partial charge in [-0.25, -0.2) is 4.98 Å². The first-order chi connectivity index (χ1) is 8.29. The summed E-state index contributed by atoms with van der Waals surface area (Å²) >= 11 is 0. The molecule has 1 aromatic carbocycles. The number of fused-ring (bicyclic) bond motifs is 1. The van der Waals surface area contributed by atoms with Crippen LogP contribution in [0.1, 0.15) is 38.3 Å². The number of aromatic nitrogens is 2. The Morgan fingerprint density at radius 2 is 2.00 bits per heavy atom. The van der Waals surface area contributed by atoms with Crippen LogP contribution in [0.2, 0.25) is 0 Å². The van der Waals surface area contributed by atoms with Gasteiger partial charge in [0.05, 0.1) is 16.7 Å². The highest BCUT2D eigenvalue weighted by Crippen LogP contribution is 2.14. The van der Waals surface area contributed by atoms with Crippen LogP contribution in [0.3, 0.4) is 0 Å². The number of hydrogen-bond donors (Lipinski definition) is 1. The molecule has 0 spiro atoms. The van der Waals surface area contributed by atoms with Gasteiger partial charge in [0.1, 0.15) is 0 Å². The average molecular weight is 229 g/mol. The first-order valence-corrected chi connectivity index (χ1v) is 6.31. The molecular formula is C14H19N3. The molecule has 0 aliphatic carbocycles. The van der Waals surface area contributed by atoms with E-state index in [2.05, 4.69) is 16.9 Å². The van der Waals surface area contributed by atoms with E-state index in [1.54, 1.807) is 0 Å². The lowest BCUT2D eigenvalue weighted by Gasteiger charge is -2.03. The van der Waals surface area contributed by atoms with Crippen molar-refractivity contribution in [3.8, 4) is 0 Å². The fourth-order valence-electron chi connectivity index (χ4n) is 1.92. The van der Waals surface area contributed by atoms with E-state index in [4.69, 9.17) is 5.73 Å². The van der Waals surface area contributed by atoms with E-state index in [0.29, 0.717) is 0 Å². The summed E-state index contributed by atoms with van der Waals surface area (Å²) in [6.07, 6.45) is 7.92. The van der Waals surface area contributed by atoms with Crippen LogP contribution in [0.15, 0.2) is 24.4 Å². The zero-order valence-electron chi connectivity index (χ0n) is 10.3. The largest absolute Gasteiger partial charge is 0.399 e. The van der Waals surface area contributed by atoms with Gasteiger partial charge in [-0.15, -0.1) is 0 Å². The molecule has 0 radical (unpaired) electrons. The first-order valence-electron chi connectivity index (χ1n) is 6.31. The molecule has 1 aromatic heterocycles. The molecule has 0 fully saturated rings. The Morgan fingerprint density at radius 3 is 2.82 bits per heavy atom. The molecule has 0 atom stereocenters. The Kier molecular flexibility index (Phi) is 3.91. The SMILES string of the molecule is CCCCCCc1cnc2ccc(N)cc2n1. The Balaban J connectivity index is 2.08. The number of nitrogen functional groups attached to an aromatic ring is 1. The molecule has 2 aromatic rings. The zero-order valence-corrected chi connectivity index (χ0v) is 10.3. The van der Waals surface area contributed by atoms with E-state index in [0.717, 1.165) is 28.8 Å². The molecule has 2 N–H and O–H groups in total. The van der Waals surface area contributed by atoms with Crippen LogP contribution in [0.5, 0.6) is 0 Å². The van der Waals surface area contributed by atoms with Crippen molar-refractivity contribution in [1.82, 2.24) is 9.97 Å². The highest BCUT2D eigenvalue weighted by molar-refractivity contribution is 5.77. The molecule has 0 saturated heterocycles. The van der Waals surface area contributed by atoms with Gasteiger partial charge < -0.3 is 5.73 Å². The summed E-state index contributed by atoms with van der Waals surface area (Å²) in [6.45, 7) is 2.22. The smallest absolute Gasteiger partial charge is 0.0910 e. The Labute approximate surface area is 102 Å². The van der Waals surface area contributed by atoms with Crippen molar-refractivity contribution in [2.24, 2.45) is 0 Å². The van der Waals surface area contributed by atoms with Gasteiger partial charge >= 0.3 is 0 Å². The molecule has 0 unspecified atom stereocenters. The van der Waals surface area contributed by atoms with Crippen LogP contribution in [0.25, 0.3) is 11.0 Å². The number of aryl methyl sites for hydroxylation is 1. The van der Waals surface area contributed by atoms with Crippen molar-refractivity contribution >= 4 is 16.7 Å². The molecule has 0 aliphatic heterocycles. The molecule has 0 aliphatic rings. The summed E-state index contributed by atoms with van der Waals surface area (Å²) in [5.41, 5.74) is 9.37. The molecule has 17 heavy (non-hydrogen) atoms. The van der Waals surface area contributed by atoms with Crippen LogP contribution in [-0.2, 0) is 6.42 Å². The lowest BCUT2D eigenvalue weighted by Crippen LogP contribution is -1.94. The van der Waals surface area contributed by atoms with Crippen LogP contribution in [0.4, 0.5) is 5.69 Å². The summed E-state index contributed by atoms with van der Waals surface area (Å²) < 4.78 is 0. The summed E-state index contributed by atoms with van der Waals surface area (Å²) in [7, 11) is 0. The molecule has 0 bridgehead atoms. The number of hydrogen-bond acceptors (Lipinski definition) is 3. The van der Waals surface area contributed by atoms with E-state index < -0.39 is 0 Å². The molecule has 2 rings (SSSR count). The molecule has 90 valence electrons. The molecule has 3 nitrogen and oxygen atoms in total. The maximum atomic E-state index is 5.75. The number of nitrogens with zero attached hydrogens (tertiary/aromatic N) is 2. The van der Waals surface area contributed by atoms with E-state index >= 15 is 0 Å². The van der Waals surface area contributed by atoms with Crippen molar-refractivity contribution in [2.45, 2.75) is 39.0 Å². The van der Waals surface area contributed by atoms with Gasteiger partial charge in [0.2, 0.25) is 0 Å². The lowest BCUT2D eigenvalue weighted by atomic mass is 10.1. The van der Waals surface area contributed by atoms with E-state index in [9.17, 15) is 0 Å². The molecular weight excluding hydrogens is 210 g/mol. The molecule has 0 saturated carbocycles. The summed E-state index contributed by atoms with van der Waals surface area (Å²) in [5.74, 6) is 0. The number of anilines is 1. The minimum absolute atomic E-state index is 0.745. The van der Waals surface area contributed by atoms with Crippen molar-refractivity contribution in [3.63, 3.8) is 0 Å². The number of nitrogens with two attached hydrogens (primary N) is 1. The normalized spacial score (nSPS) is 10.9. The van der Waals surface area contributed by atoms with Crippen LogP contribution >= 0.6 is 0 Å². The highest BCUT2D eigenvalue weighted by Gasteiger charge is 2.00. The fraction of sp³-hybridized carbons (Fsp3) is 0.429. The average Bonchev–Trinajstić information content (AvgIpc) is 2.34. The number of benzene rings is 1. The van der Waals surface area contributed by atoms with Crippen LogP contribution in [0, 0.1) is 0 Å². The second-order valence-corrected chi connectivity index (χ2v) is 4.42. The van der Waals surface area contributed by atoms with Gasteiger partial charge in [-0.3, -0.25) is 4.98 Å². The summed E-state index contributed by atoms with van der Waals surface area (Å²) in [5, 5.41) is 0. The van der Waals surface area contributed by atoms with Crippen molar-refractivity contribution in [1.29, 1.82) is 0 Å². The van der Waals surface area contributed by atoms with Crippen LogP contribution < -0.4 is 5.73 Å². The summed E-state index contributed by atoms with van der Waals surface area (Å²) in [6, 6.07) is 5.66. The third-order valence-corrected chi connectivity index (χ3v) is 2.90. The fourth-order valence-corrected chi connectivity index (χ4v) is 1.92. The number of unbranched alkanes of at least 4 members (excludes halogenated alkanes) is 3. The maximum Gasteiger partial charge on any atom is 0.0910 e. The zero-order chi connectivity index (χ0) is 12.1. The second kappa shape index (κ2) is 5.62. The van der Waals surface area contributed by atoms with E-state index in [1.165, 1.54) is 25.7 Å². The van der Waals surface area contributed by atoms with E-state index in [1.807, 2.05) is 24.4 Å². The predicted molar refractivity (Wildman–Crippen MR) is 71.8 cm³/mol. The van der Waals surface area contributed by atoms with Gasteiger partial charge in [-0.2, -0.15) is 0 Å². The minimum atomic E-state index is 0.745. The Morgan fingerprint density at radius 1 is 1.12 bits per heavy atom. The first kappa shape index (κ1) is 11.8. The van der Waals surface area contributed by atoms with Crippen molar-refractivity contribution < 1.29 is 0 Å². The standard InChI is InChI=1S/C14H19N3/c1-2-3-4-5-6-12-10-16-13-8-7-11(15)9-14(13)17-12/h7-10H,2-6,15H2,1H3. The minimum Gasteiger partial charge on any atom is -0.399 e. The van der Waals surface area contributed by atoms with Gasteiger partial charge in [-0.1, -0.05) is 26.2 Å². The van der Waals surface area contributed by atoms with Gasteiger partial charge in [0, 0.05) is 11.9 Å². The Bertz CT molecular complexity index is 494. The topological polar surface area (TPSA) is 51.8 Å². The monoisotopic (exact) mass is 229 g/mol. The molecule has 0 amide bonds. The third-order valence-electron chi connectivity index (χ3n) is 2.90. The van der Waals surface area contributed by atoms with Gasteiger partial charge in [0.25, 0.3) is 0 Å². The second-order valence-electron chi connectivity index (χ2n) is 4.42. The molecule has 1 heterocycles. The quantitative estimate of drug-likeness (QED) is 0.632. The predicted octanol–water partition coefficient (Wildman–Crippen LogP) is 3.33. The third kappa shape index (κ3) is 3.16. The van der Waals surface area contributed by atoms with Gasteiger partial charge in [0.15, 0.2) is 0 Å². The Hall–Kier alpha value is -1.64. The summed E-state index contributed by atoms with van der Waals surface area (Å²) in [4.78, 5) is 8.99. The lowest BCUT2D eigenvalue weighted by molar-refractivity contribution is 0.660. The maximum absolute atomic E-state index is 5.75. The van der Waals surface area contributed by atoms with Gasteiger partial charge in [-0.05, 0) is 31.0 Å². The highest BCUT2D eigenvalue weighted by atomic mass is 14.8. The van der Waals surface area contributed by atoms with Crippen LogP contribution in [-0.4, -0.2) is 9.97 Å². The van der Waals surface area contributed by atoms with E-state index in [-0.39, 0.29) is 0 Å². The molecule has 3 heteroatoms. The number of rotatable bonds is 5. The van der Waals surface area contributed by atoms with Crippen molar-refractivity contribution in [3.05, 3.63) is 30.1 Å². The van der Waals surface area contributed by atoms with Crippen molar-refractivity contribution in [2.75, 3.05) is 5.73 Å².